The molecule has 2 heterocycles. The van der Waals surface area contributed by atoms with Crippen molar-refractivity contribution in [2.24, 2.45) is 0 Å². The number of likely N-dealkylation sites (tertiary alicyclic amines) is 1. The molecular formula is C10H13BrN2OS. The van der Waals surface area contributed by atoms with Crippen LogP contribution in [0.2, 0.25) is 0 Å². The van der Waals surface area contributed by atoms with E-state index in [9.17, 15) is 4.79 Å². The van der Waals surface area contributed by atoms with Crippen molar-refractivity contribution in [2.45, 2.75) is 24.6 Å². The summed E-state index contributed by atoms with van der Waals surface area (Å²) in [5.74, 6) is 0.148. The average molecular weight is 289 g/mol. The molecule has 0 aliphatic carbocycles. The molecule has 0 radical (unpaired) electrons. The van der Waals surface area contributed by atoms with E-state index in [1.54, 1.807) is 5.51 Å². The zero-order valence-electron chi connectivity index (χ0n) is 8.57. The van der Waals surface area contributed by atoms with E-state index in [1.807, 2.05) is 11.8 Å². The monoisotopic (exact) mass is 288 g/mol. The molecule has 1 saturated heterocycles. The Kier molecular flexibility index (Phi) is 3.41. The van der Waals surface area contributed by atoms with Gasteiger partial charge in [0.2, 0.25) is 0 Å². The molecule has 1 aromatic heterocycles. The highest BCUT2D eigenvalue weighted by molar-refractivity contribution is 9.09. The largest absolute Gasteiger partial charge is 0.338 e. The molecule has 15 heavy (non-hydrogen) atoms. The summed E-state index contributed by atoms with van der Waals surface area (Å²) in [5, 5.41) is 0. The minimum atomic E-state index is 0.148. The van der Waals surface area contributed by atoms with Gasteiger partial charge in [0, 0.05) is 17.9 Å². The highest BCUT2D eigenvalue weighted by Gasteiger charge is 2.24. The second-order valence-corrected chi connectivity index (χ2v) is 5.88. The number of carbonyl (C=O) groups is 1. The number of rotatable bonds is 1. The first-order valence-electron chi connectivity index (χ1n) is 5.02. The van der Waals surface area contributed by atoms with Crippen LogP contribution in [0, 0.1) is 6.92 Å². The van der Waals surface area contributed by atoms with Gasteiger partial charge in [-0.15, -0.1) is 11.3 Å². The summed E-state index contributed by atoms with van der Waals surface area (Å²) in [6.45, 7) is 3.60. The molecule has 82 valence electrons. The molecule has 1 aliphatic heterocycles. The highest BCUT2D eigenvalue weighted by Crippen LogP contribution is 2.21. The van der Waals surface area contributed by atoms with Crippen LogP contribution in [0.1, 0.15) is 28.2 Å². The third-order valence-electron chi connectivity index (χ3n) is 2.65. The molecule has 3 nitrogen and oxygen atoms in total. The van der Waals surface area contributed by atoms with E-state index in [2.05, 4.69) is 20.9 Å². The molecule has 0 spiro atoms. The fourth-order valence-electron chi connectivity index (χ4n) is 1.70. The van der Waals surface area contributed by atoms with Gasteiger partial charge < -0.3 is 4.90 Å². The van der Waals surface area contributed by atoms with E-state index < -0.39 is 0 Å². The van der Waals surface area contributed by atoms with Crippen molar-refractivity contribution in [1.29, 1.82) is 0 Å². The Labute approximate surface area is 102 Å². The Morgan fingerprint density at radius 1 is 1.60 bits per heavy atom. The van der Waals surface area contributed by atoms with E-state index in [-0.39, 0.29) is 5.91 Å². The minimum absolute atomic E-state index is 0.148. The molecular weight excluding hydrogens is 276 g/mol. The third kappa shape index (κ3) is 2.39. The van der Waals surface area contributed by atoms with Crippen LogP contribution in [0.15, 0.2) is 5.51 Å². The predicted molar refractivity (Wildman–Crippen MR) is 64.7 cm³/mol. The molecule has 1 fully saturated rings. The number of carbonyl (C=O) groups excluding carboxylic acids is 1. The minimum Gasteiger partial charge on any atom is -0.338 e. The van der Waals surface area contributed by atoms with E-state index in [0.717, 1.165) is 36.5 Å². The number of thiazole rings is 1. The molecule has 0 aromatic carbocycles. The van der Waals surface area contributed by atoms with Crippen LogP contribution in [0.5, 0.6) is 0 Å². The lowest BCUT2D eigenvalue weighted by Gasteiger charge is -2.29. The molecule has 1 aromatic rings. The standard InChI is InChI=1S/C10H13BrN2OS/c1-7-9(15-6-12-7)10(14)13-4-2-8(11)3-5-13/h6,8H,2-5H2,1H3. The summed E-state index contributed by atoms with van der Waals surface area (Å²) >= 11 is 5.02. The lowest BCUT2D eigenvalue weighted by atomic mass is 10.1. The van der Waals surface area contributed by atoms with Crippen molar-refractivity contribution in [3.8, 4) is 0 Å². The van der Waals surface area contributed by atoms with Gasteiger partial charge in [-0.2, -0.15) is 0 Å². The Hall–Kier alpha value is -0.420. The lowest BCUT2D eigenvalue weighted by Crippen LogP contribution is -2.38. The Morgan fingerprint density at radius 3 is 2.80 bits per heavy atom. The number of halogens is 1. The van der Waals surface area contributed by atoms with Crippen molar-refractivity contribution < 1.29 is 4.79 Å². The first-order chi connectivity index (χ1) is 7.18. The Balaban J connectivity index is 2.06. The Morgan fingerprint density at radius 2 is 2.27 bits per heavy atom. The molecule has 1 amide bonds. The van der Waals surface area contributed by atoms with Gasteiger partial charge in [-0.3, -0.25) is 4.79 Å². The second kappa shape index (κ2) is 4.61. The molecule has 0 bridgehead atoms. The normalized spacial score (nSPS) is 18.1. The molecule has 0 atom stereocenters. The zero-order chi connectivity index (χ0) is 10.8. The van der Waals surface area contributed by atoms with Crippen LogP contribution < -0.4 is 0 Å². The molecule has 1 aliphatic rings. The van der Waals surface area contributed by atoms with E-state index in [1.165, 1.54) is 11.3 Å². The maximum absolute atomic E-state index is 12.1. The molecule has 0 unspecified atom stereocenters. The topological polar surface area (TPSA) is 33.2 Å². The van der Waals surface area contributed by atoms with Gasteiger partial charge in [-0.05, 0) is 19.8 Å². The smallest absolute Gasteiger partial charge is 0.265 e. The van der Waals surface area contributed by atoms with Gasteiger partial charge >= 0.3 is 0 Å². The summed E-state index contributed by atoms with van der Waals surface area (Å²) < 4.78 is 0. The average Bonchev–Trinajstić information content (AvgIpc) is 2.65. The van der Waals surface area contributed by atoms with Crippen LogP contribution in [0.3, 0.4) is 0 Å². The number of nitrogens with zero attached hydrogens (tertiary/aromatic N) is 2. The van der Waals surface area contributed by atoms with Crippen LogP contribution in [0.25, 0.3) is 0 Å². The number of piperidine rings is 1. The maximum Gasteiger partial charge on any atom is 0.265 e. The van der Waals surface area contributed by atoms with Crippen molar-refractivity contribution in [1.82, 2.24) is 9.88 Å². The summed E-state index contributed by atoms with van der Waals surface area (Å²) in [6.07, 6.45) is 2.09. The summed E-state index contributed by atoms with van der Waals surface area (Å²) in [4.78, 5) is 19.5. The van der Waals surface area contributed by atoms with E-state index in [4.69, 9.17) is 0 Å². The number of alkyl halides is 1. The van der Waals surface area contributed by atoms with Gasteiger partial charge in [-0.25, -0.2) is 4.98 Å². The van der Waals surface area contributed by atoms with Gasteiger partial charge in [0.15, 0.2) is 0 Å². The maximum atomic E-state index is 12.1. The first kappa shape index (κ1) is 11.1. The summed E-state index contributed by atoms with van der Waals surface area (Å²) in [5.41, 5.74) is 2.59. The van der Waals surface area contributed by atoms with Gasteiger partial charge in [0.05, 0.1) is 11.2 Å². The summed E-state index contributed by atoms with van der Waals surface area (Å²) in [6, 6.07) is 0. The quantitative estimate of drug-likeness (QED) is 0.744. The van der Waals surface area contributed by atoms with Crippen LogP contribution in [0.4, 0.5) is 0 Å². The van der Waals surface area contributed by atoms with Crippen molar-refractivity contribution in [2.75, 3.05) is 13.1 Å². The van der Waals surface area contributed by atoms with E-state index in [0.29, 0.717) is 4.83 Å². The highest BCUT2D eigenvalue weighted by atomic mass is 79.9. The number of amides is 1. The number of hydrogen-bond acceptors (Lipinski definition) is 3. The third-order valence-corrected chi connectivity index (χ3v) is 4.48. The van der Waals surface area contributed by atoms with Crippen LogP contribution in [-0.4, -0.2) is 33.7 Å². The number of hydrogen-bond donors (Lipinski definition) is 0. The number of aromatic nitrogens is 1. The molecule has 0 saturated carbocycles. The number of aryl methyl sites for hydroxylation is 1. The van der Waals surface area contributed by atoms with Gasteiger partial charge in [0.1, 0.15) is 4.88 Å². The van der Waals surface area contributed by atoms with E-state index >= 15 is 0 Å². The molecule has 2 rings (SSSR count). The van der Waals surface area contributed by atoms with Gasteiger partial charge in [-0.1, -0.05) is 15.9 Å². The molecule has 5 heteroatoms. The SMILES string of the molecule is Cc1ncsc1C(=O)N1CCC(Br)CC1. The molecule has 0 N–H and O–H groups in total. The zero-order valence-corrected chi connectivity index (χ0v) is 11.0. The Bertz CT molecular complexity index is 358. The van der Waals surface area contributed by atoms with Gasteiger partial charge in [0.25, 0.3) is 5.91 Å². The fourth-order valence-corrected chi connectivity index (χ4v) is 2.88. The lowest BCUT2D eigenvalue weighted by molar-refractivity contribution is 0.0732. The predicted octanol–water partition coefficient (Wildman–Crippen LogP) is 2.45. The second-order valence-electron chi connectivity index (χ2n) is 3.73. The fraction of sp³-hybridized carbons (Fsp3) is 0.600. The summed E-state index contributed by atoms with van der Waals surface area (Å²) in [7, 11) is 0. The van der Waals surface area contributed by atoms with Crippen molar-refractivity contribution >= 4 is 33.2 Å². The van der Waals surface area contributed by atoms with Crippen molar-refractivity contribution in [3.05, 3.63) is 16.1 Å². The first-order valence-corrected chi connectivity index (χ1v) is 6.81. The van der Waals surface area contributed by atoms with Crippen LogP contribution in [-0.2, 0) is 0 Å². The van der Waals surface area contributed by atoms with Crippen molar-refractivity contribution in [3.63, 3.8) is 0 Å². The van der Waals surface area contributed by atoms with Crippen LogP contribution >= 0.6 is 27.3 Å².